The molecule has 0 aliphatic rings. The van der Waals surface area contributed by atoms with Crippen molar-refractivity contribution in [2.24, 2.45) is 0 Å². The maximum atomic E-state index is 13.7. The van der Waals surface area contributed by atoms with E-state index in [4.69, 9.17) is 4.74 Å². The number of phenolic OH excluding ortho intramolecular Hbond substituents is 1. The van der Waals surface area contributed by atoms with Crippen LogP contribution in [-0.2, 0) is 6.54 Å². The van der Waals surface area contributed by atoms with Crippen molar-refractivity contribution in [1.82, 2.24) is 0 Å². The van der Waals surface area contributed by atoms with Crippen LogP contribution in [0.4, 0.5) is 10.1 Å². The molecular weight excluding hydrogens is 393 g/mol. The van der Waals surface area contributed by atoms with Gasteiger partial charge in [0.15, 0.2) is 11.5 Å². The van der Waals surface area contributed by atoms with Gasteiger partial charge in [-0.05, 0) is 51.8 Å². The molecule has 2 aromatic rings. The number of anilines is 1. The number of methoxy groups -OCH3 is 1. The average Bonchev–Trinajstić information content (AvgIpc) is 2.41. The third-order valence-electron chi connectivity index (χ3n) is 2.72. The van der Waals surface area contributed by atoms with Gasteiger partial charge >= 0.3 is 0 Å². The van der Waals surface area contributed by atoms with Gasteiger partial charge < -0.3 is 15.2 Å². The summed E-state index contributed by atoms with van der Waals surface area (Å²) in [6, 6.07) is 8.27. The molecule has 0 unspecified atom stereocenters. The Balaban J connectivity index is 2.16. The van der Waals surface area contributed by atoms with Gasteiger partial charge in [0.2, 0.25) is 0 Å². The highest BCUT2D eigenvalue weighted by molar-refractivity contribution is 9.10. The highest BCUT2D eigenvalue weighted by Crippen LogP contribution is 2.35. The van der Waals surface area contributed by atoms with Crippen molar-refractivity contribution in [1.29, 1.82) is 0 Å². The van der Waals surface area contributed by atoms with Crippen LogP contribution in [0.3, 0.4) is 0 Å². The molecule has 0 spiro atoms. The second-order valence-electron chi connectivity index (χ2n) is 4.11. The first-order chi connectivity index (χ1) is 9.51. The number of aromatic hydroxyl groups is 1. The van der Waals surface area contributed by atoms with E-state index in [2.05, 4.69) is 37.2 Å². The van der Waals surface area contributed by atoms with Crippen LogP contribution in [0.15, 0.2) is 39.3 Å². The maximum Gasteiger partial charge on any atom is 0.172 e. The molecule has 0 atom stereocenters. The van der Waals surface area contributed by atoms with Gasteiger partial charge in [0, 0.05) is 11.0 Å². The van der Waals surface area contributed by atoms with Crippen molar-refractivity contribution in [3.8, 4) is 11.5 Å². The van der Waals surface area contributed by atoms with E-state index in [0.717, 1.165) is 5.56 Å². The van der Waals surface area contributed by atoms with Gasteiger partial charge in [-0.3, -0.25) is 0 Å². The van der Waals surface area contributed by atoms with E-state index in [1.165, 1.54) is 13.2 Å². The molecule has 0 amide bonds. The van der Waals surface area contributed by atoms with Gasteiger partial charge in [-0.1, -0.05) is 15.9 Å². The summed E-state index contributed by atoms with van der Waals surface area (Å²) in [5, 5.41) is 12.7. The van der Waals surface area contributed by atoms with Crippen LogP contribution in [0.25, 0.3) is 0 Å². The lowest BCUT2D eigenvalue weighted by molar-refractivity contribution is 0.371. The number of nitrogens with one attached hydrogen (secondary N) is 1. The number of hydrogen-bond acceptors (Lipinski definition) is 3. The second-order valence-corrected chi connectivity index (χ2v) is 5.88. The lowest BCUT2D eigenvalue weighted by atomic mass is 10.2. The van der Waals surface area contributed by atoms with Gasteiger partial charge in [0.1, 0.15) is 5.82 Å². The number of halogens is 3. The minimum atomic E-state index is -0.329. The Morgan fingerprint density at radius 3 is 2.65 bits per heavy atom. The summed E-state index contributed by atoms with van der Waals surface area (Å²) in [5.41, 5.74) is 1.27. The Morgan fingerprint density at radius 2 is 2.00 bits per heavy atom. The average molecular weight is 405 g/mol. The van der Waals surface area contributed by atoms with Gasteiger partial charge in [0.25, 0.3) is 0 Å². The molecule has 0 radical (unpaired) electrons. The Bertz CT molecular complexity index is 635. The fraction of sp³-hybridized carbons (Fsp3) is 0.143. The first-order valence-corrected chi connectivity index (χ1v) is 7.34. The van der Waals surface area contributed by atoms with Crippen molar-refractivity contribution in [2.45, 2.75) is 6.54 Å². The summed E-state index contributed by atoms with van der Waals surface area (Å²) in [5.74, 6) is 0.0858. The number of hydrogen-bond donors (Lipinski definition) is 2. The molecule has 0 aromatic heterocycles. The zero-order valence-corrected chi connectivity index (χ0v) is 13.8. The summed E-state index contributed by atoms with van der Waals surface area (Å²) < 4.78 is 20.0. The fourth-order valence-corrected chi connectivity index (χ4v) is 2.54. The summed E-state index contributed by atoms with van der Waals surface area (Å²) in [7, 11) is 1.48. The van der Waals surface area contributed by atoms with E-state index in [-0.39, 0.29) is 11.6 Å². The van der Waals surface area contributed by atoms with Gasteiger partial charge in [0.05, 0.1) is 17.3 Å². The number of benzene rings is 2. The topological polar surface area (TPSA) is 41.5 Å². The molecule has 2 N–H and O–H groups in total. The van der Waals surface area contributed by atoms with Gasteiger partial charge in [-0.25, -0.2) is 4.39 Å². The molecule has 106 valence electrons. The standard InChI is InChI=1S/C14H12Br2FNO2/c1-20-13-5-8(4-10(16)14(13)19)7-18-12-3-2-9(15)6-11(12)17/h2-6,18-19H,7H2,1H3. The van der Waals surface area contributed by atoms with Crippen LogP contribution in [0.1, 0.15) is 5.56 Å². The third-order valence-corrected chi connectivity index (χ3v) is 3.82. The first-order valence-electron chi connectivity index (χ1n) is 5.75. The van der Waals surface area contributed by atoms with Gasteiger partial charge in [-0.15, -0.1) is 0 Å². The van der Waals surface area contributed by atoms with Crippen LogP contribution in [0.5, 0.6) is 11.5 Å². The molecule has 0 aliphatic carbocycles. The largest absolute Gasteiger partial charge is 0.503 e. The molecule has 2 rings (SSSR count). The minimum absolute atomic E-state index is 0.0473. The Morgan fingerprint density at radius 1 is 1.25 bits per heavy atom. The molecule has 0 bridgehead atoms. The van der Waals surface area contributed by atoms with Gasteiger partial charge in [-0.2, -0.15) is 0 Å². The van der Waals surface area contributed by atoms with Crippen LogP contribution in [-0.4, -0.2) is 12.2 Å². The predicted octanol–water partition coefficient (Wildman–Crippen LogP) is 4.68. The zero-order chi connectivity index (χ0) is 14.7. The van der Waals surface area contributed by atoms with Crippen LogP contribution >= 0.6 is 31.9 Å². The Labute approximate surface area is 133 Å². The lowest BCUT2D eigenvalue weighted by Crippen LogP contribution is -2.02. The van der Waals surface area contributed by atoms with Crippen LogP contribution in [0, 0.1) is 5.82 Å². The van der Waals surface area contributed by atoms with Crippen LogP contribution < -0.4 is 10.1 Å². The summed E-state index contributed by atoms with van der Waals surface area (Å²) in [4.78, 5) is 0. The molecule has 3 nitrogen and oxygen atoms in total. The quantitative estimate of drug-likeness (QED) is 0.777. The summed E-state index contributed by atoms with van der Waals surface area (Å²) in [6.07, 6.45) is 0. The molecule has 0 fully saturated rings. The summed E-state index contributed by atoms with van der Waals surface area (Å²) in [6.45, 7) is 0.411. The van der Waals surface area contributed by atoms with Crippen molar-refractivity contribution in [2.75, 3.05) is 12.4 Å². The third kappa shape index (κ3) is 3.43. The van der Waals surface area contributed by atoms with Crippen molar-refractivity contribution >= 4 is 37.5 Å². The number of ether oxygens (including phenoxy) is 1. The second kappa shape index (κ2) is 6.45. The molecule has 20 heavy (non-hydrogen) atoms. The normalized spacial score (nSPS) is 10.4. The molecule has 0 saturated carbocycles. The van der Waals surface area contributed by atoms with E-state index in [9.17, 15) is 9.50 Å². The highest BCUT2D eigenvalue weighted by atomic mass is 79.9. The monoisotopic (exact) mass is 403 g/mol. The SMILES string of the molecule is COc1cc(CNc2ccc(Br)cc2F)cc(Br)c1O. The minimum Gasteiger partial charge on any atom is -0.503 e. The van der Waals surface area contributed by atoms with E-state index in [1.54, 1.807) is 24.3 Å². The molecule has 0 saturated heterocycles. The van der Waals surface area contributed by atoms with E-state index in [0.29, 0.717) is 26.9 Å². The Hall–Kier alpha value is -1.27. The number of phenols is 1. The molecule has 2 aromatic carbocycles. The predicted molar refractivity (Wildman–Crippen MR) is 83.8 cm³/mol. The first kappa shape index (κ1) is 15.1. The highest BCUT2D eigenvalue weighted by Gasteiger charge is 2.09. The van der Waals surface area contributed by atoms with E-state index >= 15 is 0 Å². The van der Waals surface area contributed by atoms with Crippen molar-refractivity contribution in [3.63, 3.8) is 0 Å². The maximum absolute atomic E-state index is 13.7. The van der Waals surface area contributed by atoms with E-state index in [1.807, 2.05) is 0 Å². The smallest absolute Gasteiger partial charge is 0.172 e. The molecule has 6 heteroatoms. The van der Waals surface area contributed by atoms with Crippen molar-refractivity contribution < 1.29 is 14.2 Å². The molecule has 0 heterocycles. The fourth-order valence-electron chi connectivity index (χ4n) is 1.72. The zero-order valence-electron chi connectivity index (χ0n) is 10.6. The molecular formula is C14H12Br2FNO2. The van der Waals surface area contributed by atoms with Crippen LogP contribution in [0.2, 0.25) is 0 Å². The summed E-state index contributed by atoms with van der Waals surface area (Å²) >= 11 is 6.46. The van der Waals surface area contributed by atoms with Crippen molar-refractivity contribution in [3.05, 3.63) is 50.7 Å². The molecule has 0 aliphatic heterocycles. The van der Waals surface area contributed by atoms with E-state index < -0.39 is 0 Å². The lowest BCUT2D eigenvalue weighted by Gasteiger charge is -2.11. The number of rotatable bonds is 4. The Kier molecular flexibility index (Phi) is 4.88.